The highest BCUT2D eigenvalue weighted by molar-refractivity contribution is 5.83. The number of ether oxygens (including phenoxy) is 4. The minimum absolute atomic E-state index is 0.239. The normalized spacial score (nSPS) is 28.9. The van der Waals surface area contributed by atoms with Gasteiger partial charge in [-0.2, -0.15) is 10.2 Å². The van der Waals surface area contributed by atoms with Gasteiger partial charge in [-0.25, -0.2) is 10.9 Å². The fourth-order valence-electron chi connectivity index (χ4n) is 5.43. The van der Waals surface area contributed by atoms with Crippen LogP contribution in [0.15, 0.2) is 58.7 Å². The SMILES string of the molecule is O=C(CCCCCCCC(=O)N/N=C/c1ccc(O[C@H]2OC(CO)[C@@H](O)[C@H](O)C2O)cc1)N/N=C/c1ccc(O[C@H]2OC(CO)[C@@H](O)[C@H](O)C2O)cc1. The van der Waals surface area contributed by atoms with Gasteiger partial charge in [0.1, 0.15) is 60.3 Å². The molecule has 2 aliphatic rings. The smallest absolute Gasteiger partial charge is 0.240 e. The second-order valence-corrected chi connectivity index (χ2v) is 12.6. The Hall–Kier alpha value is -4.08. The van der Waals surface area contributed by atoms with Gasteiger partial charge in [0.2, 0.25) is 24.4 Å². The molecule has 0 spiro atoms. The van der Waals surface area contributed by atoms with E-state index in [2.05, 4.69) is 21.1 Å². The molecule has 18 heteroatoms. The Bertz CT molecular complexity index is 1370. The summed E-state index contributed by atoms with van der Waals surface area (Å²) in [4.78, 5) is 24.2. The molecule has 2 fully saturated rings. The zero-order valence-electron chi connectivity index (χ0n) is 28.8. The molecule has 292 valence electrons. The number of benzene rings is 2. The van der Waals surface area contributed by atoms with Crippen molar-refractivity contribution in [1.29, 1.82) is 0 Å². The molecule has 2 aliphatic heterocycles. The predicted octanol–water partition coefficient (Wildman–Crippen LogP) is -1.62. The largest absolute Gasteiger partial charge is 0.462 e. The molecule has 10 N–H and O–H groups in total. The van der Waals surface area contributed by atoms with E-state index in [0.717, 1.165) is 19.3 Å². The van der Waals surface area contributed by atoms with Gasteiger partial charge in [0.05, 0.1) is 25.6 Å². The van der Waals surface area contributed by atoms with Crippen LogP contribution >= 0.6 is 0 Å². The lowest BCUT2D eigenvalue weighted by molar-refractivity contribution is -0.277. The molecule has 0 saturated carbocycles. The number of nitrogens with zero attached hydrogens (tertiary/aromatic N) is 2. The van der Waals surface area contributed by atoms with Crippen LogP contribution in [0, 0.1) is 0 Å². The van der Waals surface area contributed by atoms with Gasteiger partial charge >= 0.3 is 0 Å². The molecule has 4 rings (SSSR count). The summed E-state index contributed by atoms with van der Waals surface area (Å²) >= 11 is 0. The average molecular weight is 749 g/mol. The zero-order valence-corrected chi connectivity index (χ0v) is 28.8. The number of aliphatic hydroxyl groups is 8. The Morgan fingerprint density at radius 3 is 1.28 bits per heavy atom. The van der Waals surface area contributed by atoms with Crippen molar-refractivity contribution in [3.8, 4) is 11.5 Å². The highest BCUT2D eigenvalue weighted by Gasteiger charge is 2.45. The van der Waals surface area contributed by atoms with Crippen LogP contribution in [0.3, 0.4) is 0 Å². The van der Waals surface area contributed by atoms with E-state index < -0.39 is 74.6 Å². The maximum absolute atomic E-state index is 12.1. The highest BCUT2D eigenvalue weighted by atomic mass is 16.7. The van der Waals surface area contributed by atoms with Crippen molar-refractivity contribution in [3.05, 3.63) is 59.7 Å². The first-order valence-corrected chi connectivity index (χ1v) is 17.3. The first-order valence-electron chi connectivity index (χ1n) is 17.3. The van der Waals surface area contributed by atoms with Gasteiger partial charge in [0.25, 0.3) is 0 Å². The fourth-order valence-corrected chi connectivity index (χ4v) is 5.43. The van der Waals surface area contributed by atoms with Crippen LogP contribution in [0.25, 0.3) is 0 Å². The zero-order chi connectivity index (χ0) is 38.3. The fraction of sp³-hybridized carbons (Fsp3) is 0.543. The van der Waals surface area contributed by atoms with Gasteiger partial charge in [0, 0.05) is 12.8 Å². The molecule has 0 aliphatic carbocycles. The summed E-state index contributed by atoms with van der Waals surface area (Å²) < 4.78 is 21.8. The molecule has 10 atom stereocenters. The second-order valence-electron chi connectivity index (χ2n) is 12.6. The van der Waals surface area contributed by atoms with Gasteiger partial charge < -0.3 is 59.8 Å². The topological polar surface area (TPSA) is 282 Å². The van der Waals surface area contributed by atoms with Crippen molar-refractivity contribution in [1.82, 2.24) is 10.9 Å². The molecule has 0 radical (unpaired) electrons. The summed E-state index contributed by atoms with van der Waals surface area (Å²) in [7, 11) is 0. The van der Waals surface area contributed by atoms with E-state index in [1.165, 1.54) is 12.4 Å². The molecule has 2 saturated heterocycles. The van der Waals surface area contributed by atoms with Crippen LogP contribution in [0.5, 0.6) is 11.5 Å². The number of aliphatic hydroxyl groups excluding tert-OH is 8. The summed E-state index contributed by atoms with van der Waals surface area (Å²) in [6.45, 7) is -1.13. The first kappa shape index (κ1) is 41.7. The molecule has 2 aromatic rings. The predicted molar refractivity (Wildman–Crippen MR) is 185 cm³/mol. The quantitative estimate of drug-likeness (QED) is 0.0466. The van der Waals surface area contributed by atoms with Gasteiger partial charge in [0.15, 0.2) is 0 Å². The third-order valence-electron chi connectivity index (χ3n) is 8.57. The van der Waals surface area contributed by atoms with E-state index >= 15 is 0 Å². The van der Waals surface area contributed by atoms with Crippen LogP contribution < -0.4 is 20.3 Å². The standard InChI is InChI=1S/C35H48N4O14/c40-18-24-28(44)30(46)32(48)34(52-24)50-22-12-8-20(9-13-22)16-36-38-26(42)6-4-2-1-3-5-7-27(43)39-37-17-21-10-14-23(15-11-21)51-35-33(49)31(47)29(45)25(19-41)53-35/h8-17,24-25,28-35,40-41,44-49H,1-7,18-19H2,(H,38,42)(H,39,43)/b36-16+,37-17+/t24?,25?,28-,29-,30+,31+,32?,33?,34+,35+/m1/s1. The van der Waals surface area contributed by atoms with E-state index in [4.69, 9.17) is 18.9 Å². The Labute approximate surface area is 305 Å². The van der Waals surface area contributed by atoms with Crippen molar-refractivity contribution in [2.75, 3.05) is 13.2 Å². The molecular formula is C35H48N4O14. The average Bonchev–Trinajstić information content (AvgIpc) is 3.16. The van der Waals surface area contributed by atoms with E-state index in [1.54, 1.807) is 48.5 Å². The van der Waals surface area contributed by atoms with Crippen molar-refractivity contribution >= 4 is 24.2 Å². The van der Waals surface area contributed by atoms with E-state index in [0.29, 0.717) is 48.3 Å². The summed E-state index contributed by atoms with van der Waals surface area (Å²) in [5.41, 5.74) is 6.25. The minimum atomic E-state index is -1.55. The lowest BCUT2D eigenvalue weighted by atomic mass is 9.99. The lowest BCUT2D eigenvalue weighted by Gasteiger charge is -2.39. The number of nitrogens with one attached hydrogen (secondary N) is 2. The molecule has 2 aromatic carbocycles. The Balaban J connectivity index is 1.03. The molecular weight excluding hydrogens is 700 g/mol. The lowest BCUT2D eigenvalue weighted by Crippen LogP contribution is -2.60. The van der Waals surface area contributed by atoms with Crippen molar-refractivity contribution in [3.63, 3.8) is 0 Å². The molecule has 53 heavy (non-hydrogen) atoms. The monoisotopic (exact) mass is 748 g/mol. The number of hydrogen-bond acceptors (Lipinski definition) is 16. The van der Waals surface area contributed by atoms with Gasteiger partial charge in [-0.05, 0) is 72.5 Å². The van der Waals surface area contributed by atoms with E-state index in [-0.39, 0.29) is 11.8 Å². The van der Waals surface area contributed by atoms with Crippen molar-refractivity contribution in [2.45, 2.75) is 106 Å². The van der Waals surface area contributed by atoms with Gasteiger partial charge in [-0.3, -0.25) is 9.59 Å². The van der Waals surface area contributed by atoms with Crippen LogP contribution in [0.1, 0.15) is 56.1 Å². The third-order valence-corrected chi connectivity index (χ3v) is 8.57. The van der Waals surface area contributed by atoms with Crippen LogP contribution in [-0.2, 0) is 19.1 Å². The number of amides is 2. The summed E-state index contributed by atoms with van der Waals surface area (Å²) in [5, 5.41) is 86.3. The number of carbonyl (C=O) groups excluding carboxylic acids is 2. The van der Waals surface area contributed by atoms with Crippen molar-refractivity contribution < 1.29 is 69.4 Å². The van der Waals surface area contributed by atoms with Crippen LogP contribution in [-0.4, -0.2) is 140 Å². The molecule has 2 heterocycles. The Morgan fingerprint density at radius 2 is 0.925 bits per heavy atom. The van der Waals surface area contributed by atoms with Crippen LogP contribution in [0.4, 0.5) is 0 Å². The molecule has 2 amide bonds. The van der Waals surface area contributed by atoms with Crippen molar-refractivity contribution in [2.24, 2.45) is 10.2 Å². The summed E-state index contributed by atoms with van der Waals surface area (Å²) in [6, 6.07) is 12.9. The van der Waals surface area contributed by atoms with Gasteiger partial charge in [-0.1, -0.05) is 19.3 Å². The number of rotatable bonds is 18. The molecule has 18 nitrogen and oxygen atoms in total. The van der Waals surface area contributed by atoms with E-state index in [1.807, 2.05) is 0 Å². The number of hydrogen-bond donors (Lipinski definition) is 10. The third kappa shape index (κ3) is 12.5. The first-order chi connectivity index (χ1) is 25.5. The number of unbranched alkanes of at least 4 members (excludes halogenated alkanes) is 4. The molecule has 0 aromatic heterocycles. The molecule has 4 unspecified atom stereocenters. The minimum Gasteiger partial charge on any atom is -0.462 e. The van der Waals surface area contributed by atoms with E-state index in [9.17, 15) is 50.4 Å². The number of hydrazone groups is 2. The Morgan fingerprint density at radius 1 is 0.566 bits per heavy atom. The Kier molecular flexibility index (Phi) is 16.5. The summed E-state index contributed by atoms with van der Waals surface area (Å²) in [5.74, 6) is 0.127. The second kappa shape index (κ2) is 21.0. The maximum Gasteiger partial charge on any atom is 0.240 e. The molecule has 0 bridgehead atoms. The van der Waals surface area contributed by atoms with Gasteiger partial charge in [-0.15, -0.1) is 0 Å². The van der Waals surface area contributed by atoms with Crippen LogP contribution in [0.2, 0.25) is 0 Å². The maximum atomic E-state index is 12.1. The highest BCUT2D eigenvalue weighted by Crippen LogP contribution is 2.26. The number of carbonyl (C=O) groups is 2. The summed E-state index contributed by atoms with van der Waals surface area (Å²) in [6.07, 6.45) is -6.58.